The molecule has 0 aliphatic carbocycles. The van der Waals surface area contributed by atoms with Crippen molar-refractivity contribution in [1.29, 1.82) is 0 Å². The van der Waals surface area contributed by atoms with Gasteiger partial charge in [0.2, 0.25) is 5.91 Å². The summed E-state index contributed by atoms with van der Waals surface area (Å²) in [6.07, 6.45) is 5.10. The van der Waals surface area contributed by atoms with Crippen LogP contribution in [0.5, 0.6) is 5.75 Å². The number of piperidine rings is 1. The number of aromatic hydroxyl groups is 1. The molecule has 0 spiro atoms. The fourth-order valence-electron chi connectivity index (χ4n) is 3.37. The van der Waals surface area contributed by atoms with Gasteiger partial charge >= 0.3 is 0 Å². The van der Waals surface area contributed by atoms with Crippen LogP contribution in [0, 0.1) is 12.8 Å². The normalized spacial score (nSPS) is 20.4. The van der Waals surface area contributed by atoms with Crippen molar-refractivity contribution in [2.45, 2.75) is 19.8 Å². The van der Waals surface area contributed by atoms with Crippen LogP contribution in [0.2, 0.25) is 0 Å². The Labute approximate surface area is 188 Å². The Bertz CT molecular complexity index is 1070. The first-order chi connectivity index (χ1) is 14.9. The minimum atomic E-state index is -0.231. The van der Waals surface area contributed by atoms with Crippen LogP contribution in [0.4, 0.5) is 10.8 Å². The first-order valence-corrected chi connectivity index (χ1v) is 11.5. The molecular weight excluding hydrogens is 434 g/mol. The van der Waals surface area contributed by atoms with E-state index in [1.807, 2.05) is 6.92 Å². The third-order valence-corrected chi connectivity index (χ3v) is 6.94. The molecule has 3 heterocycles. The molecule has 0 bridgehead atoms. The maximum absolute atomic E-state index is 12.5. The zero-order valence-electron chi connectivity index (χ0n) is 17.2. The number of phenols is 1. The minimum Gasteiger partial charge on any atom is -0.508 e. The molecule has 0 saturated carbocycles. The number of aromatic nitrogens is 1. The second-order valence-corrected chi connectivity index (χ2v) is 9.68. The number of thioether (sulfide) groups is 1. The third-order valence-electron chi connectivity index (χ3n) is 5.17. The van der Waals surface area contributed by atoms with E-state index >= 15 is 0 Å². The van der Waals surface area contributed by atoms with Crippen LogP contribution < -0.4 is 10.6 Å². The molecule has 8 nitrogen and oxygen atoms in total. The van der Waals surface area contributed by atoms with Crippen molar-refractivity contribution in [3.05, 3.63) is 39.7 Å². The van der Waals surface area contributed by atoms with Crippen LogP contribution in [0.3, 0.4) is 0 Å². The van der Waals surface area contributed by atoms with Crippen LogP contribution >= 0.6 is 23.1 Å². The molecule has 4 rings (SSSR count). The van der Waals surface area contributed by atoms with Crippen molar-refractivity contribution in [3.8, 4) is 5.75 Å². The standard InChI is InChI=1S/C21H23N5O3S2/c1-12-9-14(27)3-4-16(12)23-21-25-19(29)17(31-21)10-15-11-22-20(30-15)24-18(28)13-5-7-26(2)8-6-13/h3-4,9-11,13,27H,5-8H2,1-2H3,(H,22,24,28)(H,23,25,29)/b17-10-. The Morgan fingerprint density at radius 1 is 1.39 bits per heavy atom. The molecule has 10 heteroatoms. The van der Waals surface area contributed by atoms with E-state index in [2.05, 4.69) is 32.6 Å². The molecule has 0 unspecified atom stereocenters. The zero-order chi connectivity index (χ0) is 22.0. The number of nitrogens with one attached hydrogen (secondary N) is 2. The highest BCUT2D eigenvalue weighted by Crippen LogP contribution is 2.32. The van der Waals surface area contributed by atoms with Gasteiger partial charge in [-0.05, 0) is 81.5 Å². The predicted molar refractivity (Wildman–Crippen MR) is 125 cm³/mol. The predicted octanol–water partition coefficient (Wildman–Crippen LogP) is 3.33. The molecule has 162 valence electrons. The summed E-state index contributed by atoms with van der Waals surface area (Å²) in [4.78, 5) is 37.0. The monoisotopic (exact) mass is 457 g/mol. The lowest BCUT2D eigenvalue weighted by molar-refractivity contribution is -0.121. The number of likely N-dealkylation sites (tertiary alicyclic amines) is 1. The smallest absolute Gasteiger partial charge is 0.264 e. The first kappa shape index (κ1) is 21.5. The molecule has 3 N–H and O–H groups in total. The maximum Gasteiger partial charge on any atom is 0.264 e. The van der Waals surface area contributed by atoms with E-state index in [1.165, 1.54) is 23.1 Å². The molecule has 31 heavy (non-hydrogen) atoms. The van der Waals surface area contributed by atoms with Crippen LogP contribution in [0.15, 0.2) is 34.3 Å². The lowest BCUT2D eigenvalue weighted by Gasteiger charge is -2.27. The van der Waals surface area contributed by atoms with Crippen LogP contribution in [0.25, 0.3) is 6.08 Å². The SMILES string of the molecule is Cc1cc(O)ccc1/N=C1/NC(=O)/C(=C/c2cnc(NC(=O)C3CCN(C)CC3)s2)S1. The number of carbonyl (C=O) groups excluding carboxylic acids is 2. The summed E-state index contributed by atoms with van der Waals surface area (Å²) < 4.78 is 0. The van der Waals surface area contributed by atoms with Crippen molar-refractivity contribution in [2.75, 3.05) is 25.5 Å². The Morgan fingerprint density at radius 2 is 2.16 bits per heavy atom. The number of carbonyl (C=O) groups is 2. The summed E-state index contributed by atoms with van der Waals surface area (Å²) in [5.41, 5.74) is 1.49. The van der Waals surface area contributed by atoms with Crippen molar-refractivity contribution < 1.29 is 14.7 Å². The molecular formula is C21H23N5O3S2. The number of amides is 2. The summed E-state index contributed by atoms with van der Waals surface area (Å²) >= 11 is 2.58. The molecule has 2 fully saturated rings. The molecule has 2 amide bonds. The number of thiazole rings is 1. The number of aliphatic imine (C=N–C) groups is 1. The number of benzene rings is 1. The molecule has 1 aromatic carbocycles. The van der Waals surface area contributed by atoms with Gasteiger partial charge < -0.3 is 20.6 Å². The minimum absolute atomic E-state index is 0.00771. The van der Waals surface area contributed by atoms with Gasteiger partial charge in [0.25, 0.3) is 5.91 Å². The lowest BCUT2D eigenvalue weighted by Crippen LogP contribution is -2.35. The fourth-order valence-corrected chi connectivity index (χ4v) is 5.04. The van der Waals surface area contributed by atoms with E-state index in [0.717, 1.165) is 36.4 Å². The van der Waals surface area contributed by atoms with Crippen LogP contribution in [-0.2, 0) is 9.59 Å². The number of anilines is 1. The van der Waals surface area contributed by atoms with Gasteiger partial charge in [-0.2, -0.15) is 0 Å². The van der Waals surface area contributed by atoms with Gasteiger partial charge in [-0.1, -0.05) is 11.3 Å². The van der Waals surface area contributed by atoms with E-state index in [-0.39, 0.29) is 23.5 Å². The summed E-state index contributed by atoms with van der Waals surface area (Å²) in [6, 6.07) is 4.88. The number of hydrogen-bond donors (Lipinski definition) is 3. The van der Waals surface area contributed by atoms with Gasteiger partial charge in [0.05, 0.1) is 15.5 Å². The van der Waals surface area contributed by atoms with E-state index in [1.54, 1.807) is 30.5 Å². The Hall–Kier alpha value is -2.69. The summed E-state index contributed by atoms with van der Waals surface area (Å²) in [5, 5.41) is 16.2. The van der Waals surface area contributed by atoms with E-state index in [9.17, 15) is 14.7 Å². The number of rotatable bonds is 4. The van der Waals surface area contributed by atoms with Crippen LogP contribution in [-0.4, -0.2) is 52.1 Å². The highest BCUT2D eigenvalue weighted by molar-refractivity contribution is 8.18. The summed E-state index contributed by atoms with van der Waals surface area (Å²) in [7, 11) is 2.06. The lowest BCUT2D eigenvalue weighted by atomic mass is 9.96. The van der Waals surface area contributed by atoms with Gasteiger partial charge in [-0.25, -0.2) is 9.98 Å². The average molecular weight is 458 g/mol. The van der Waals surface area contributed by atoms with Gasteiger partial charge in [0, 0.05) is 12.1 Å². The molecule has 2 saturated heterocycles. The summed E-state index contributed by atoms with van der Waals surface area (Å²) in [5.74, 6) is -0.0342. The van der Waals surface area contributed by atoms with Crippen molar-refractivity contribution in [1.82, 2.24) is 15.2 Å². The molecule has 2 aromatic rings. The number of aryl methyl sites for hydroxylation is 1. The Morgan fingerprint density at radius 3 is 2.90 bits per heavy atom. The summed E-state index contributed by atoms with van der Waals surface area (Å²) in [6.45, 7) is 3.69. The van der Waals surface area contributed by atoms with Crippen LogP contribution in [0.1, 0.15) is 23.3 Å². The zero-order valence-corrected chi connectivity index (χ0v) is 18.8. The van der Waals surface area contributed by atoms with Gasteiger partial charge in [0.15, 0.2) is 10.3 Å². The second kappa shape index (κ2) is 9.21. The Balaban J connectivity index is 1.41. The second-order valence-electron chi connectivity index (χ2n) is 7.59. The van der Waals surface area contributed by atoms with Gasteiger partial charge in [0.1, 0.15) is 5.75 Å². The quantitative estimate of drug-likeness (QED) is 0.608. The van der Waals surface area contributed by atoms with Gasteiger partial charge in [-0.15, -0.1) is 0 Å². The maximum atomic E-state index is 12.5. The van der Waals surface area contributed by atoms with E-state index in [0.29, 0.717) is 20.9 Å². The molecule has 2 aliphatic rings. The first-order valence-electron chi connectivity index (χ1n) is 9.92. The number of amidine groups is 1. The van der Waals surface area contributed by atoms with Gasteiger partial charge in [-0.3, -0.25) is 9.59 Å². The van der Waals surface area contributed by atoms with Crippen molar-refractivity contribution in [2.24, 2.45) is 10.9 Å². The highest BCUT2D eigenvalue weighted by Gasteiger charge is 2.26. The third kappa shape index (κ3) is 5.33. The van der Waals surface area contributed by atoms with Crippen molar-refractivity contribution in [3.63, 3.8) is 0 Å². The highest BCUT2D eigenvalue weighted by atomic mass is 32.2. The number of phenolic OH excluding ortho intramolecular Hbond substituents is 1. The largest absolute Gasteiger partial charge is 0.508 e. The molecule has 1 aromatic heterocycles. The molecule has 0 atom stereocenters. The number of nitrogens with zero attached hydrogens (tertiary/aromatic N) is 3. The number of hydrogen-bond acceptors (Lipinski definition) is 8. The van der Waals surface area contributed by atoms with E-state index in [4.69, 9.17) is 0 Å². The average Bonchev–Trinajstić information content (AvgIpc) is 3.31. The topological polar surface area (TPSA) is 107 Å². The Kier molecular flexibility index (Phi) is 6.40. The molecule has 0 radical (unpaired) electrons. The fraction of sp³-hybridized carbons (Fsp3) is 0.333. The molecule has 2 aliphatic heterocycles. The van der Waals surface area contributed by atoms with Crippen molar-refractivity contribution >= 4 is 57.0 Å². The van der Waals surface area contributed by atoms with E-state index < -0.39 is 0 Å².